The van der Waals surface area contributed by atoms with E-state index >= 15 is 0 Å². The van der Waals surface area contributed by atoms with Gasteiger partial charge in [-0.25, -0.2) is 4.39 Å². The second kappa shape index (κ2) is 8.47. The molecule has 0 radical (unpaired) electrons. The molecule has 2 amide bonds. The smallest absolute Gasteiger partial charge is 0.279 e. The van der Waals surface area contributed by atoms with Gasteiger partial charge in [-0.15, -0.1) is 0 Å². The van der Waals surface area contributed by atoms with Gasteiger partial charge in [0.2, 0.25) is 0 Å². The Bertz CT molecular complexity index is 805. The van der Waals surface area contributed by atoms with Crippen LogP contribution in [0.4, 0.5) is 4.39 Å². The lowest BCUT2D eigenvalue weighted by Gasteiger charge is -2.17. The van der Waals surface area contributed by atoms with E-state index in [2.05, 4.69) is 24.7 Å². The molecule has 0 heterocycles. The van der Waals surface area contributed by atoms with Gasteiger partial charge in [-0.3, -0.25) is 20.4 Å². The average molecular weight is 358 g/mol. The first kappa shape index (κ1) is 19.4. The number of aryl methyl sites for hydroxylation is 1. The summed E-state index contributed by atoms with van der Waals surface area (Å²) < 4.78 is 19.2. The molecule has 0 fully saturated rings. The summed E-state index contributed by atoms with van der Waals surface area (Å²) in [5.74, 6) is -0.973. The van der Waals surface area contributed by atoms with Crippen LogP contribution in [0.25, 0.3) is 0 Å². The van der Waals surface area contributed by atoms with Crippen molar-refractivity contribution in [1.82, 2.24) is 10.9 Å². The molecule has 0 aromatic heterocycles. The van der Waals surface area contributed by atoms with Gasteiger partial charge in [0.1, 0.15) is 11.6 Å². The molecule has 2 aromatic rings. The maximum absolute atomic E-state index is 13.5. The van der Waals surface area contributed by atoms with Gasteiger partial charge in [0, 0.05) is 0 Å². The summed E-state index contributed by atoms with van der Waals surface area (Å²) in [5.41, 5.74) is 6.57. The Kier molecular flexibility index (Phi) is 6.33. The highest BCUT2D eigenvalue weighted by atomic mass is 19.1. The van der Waals surface area contributed by atoms with E-state index in [1.54, 1.807) is 6.92 Å². The van der Waals surface area contributed by atoms with Gasteiger partial charge in [0.15, 0.2) is 6.10 Å². The van der Waals surface area contributed by atoms with E-state index in [9.17, 15) is 14.0 Å². The number of amides is 2. The van der Waals surface area contributed by atoms with Crippen LogP contribution in [0, 0.1) is 12.7 Å². The molecule has 2 N–H and O–H groups in total. The number of halogens is 1. The van der Waals surface area contributed by atoms with E-state index < -0.39 is 23.7 Å². The van der Waals surface area contributed by atoms with Crippen molar-refractivity contribution in [3.63, 3.8) is 0 Å². The largest absolute Gasteiger partial charge is 0.481 e. The van der Waals surface area contributed by atoms with E-state index in [1.807, 2.05) is 25.1 Å². The molecule has 6 heteroatoms. The molecule has 5 nitrogen and oxygen atoms in total. The van der Waals surface area contributed by atoms with Crippen LogP contribution in [0.3, 0.4) is 0 Å². The second-order valence-electron chi connectivity index (χ2n) is 6.36. The highest BCUT2D eigenvalue weighted by molar-refractivity contribution is 5.95. The van der Waals surface area contributed by atoms with Crippen molar-refractivity contribution in [2.75, 3.05) is 0 Å². The molecule has 26 heavy (non-hydrogen) atoms. The molecule has 1 atom stereocenters. The van der Waals surface area contributed by atoms with Crippen LogP contribution < -0.4 is 15.6 Å². The zero-order chi connectivity index (χ0) is 19.3. The van der Waals surface area contributed by atoms with Gasteiger partial charge >= 0.3 is 0 Å². The fourth-order valence-corrected chi connectivity index (χ4v) is 2.56. The summed E-state index contributed by atoms with van der Waals surface area (Å²) in [7, 11) is 0. The van der Waals surface area contributed by atoms with Gasteiger partial charge in [-0.1, -0.05) is 32.0 Å². The summed E-state index contributed by atoms with van der Waals surface area (Å²) in [6.07, 6.45) is -0.833. The Morgan fingerprint density at radius 3 is 2.35 bits per heavy atom. The highest BCUT2D eigenvalue weighted by Crippen LogP contribution is 2.24. The molecule has 0 saturated carbocycles. The third-order valence-corrected chi connectivity index (χ3v) is 3.96. The topological polar surface area (TPSA) is 67.4 Å². The monoisotopic (exact) mass is 358 g/mol. The van der Waals surface area contributed by atoms with Crippen molar-refractivity contribution in [2.24, 2.45) is 0 Å². The van der Waals surface area contributed by atoms with Crippen molar-refractivity contribution in [1.29, 1.82) is 0 Å². The minimum Gasteiger partial charge on any atom is -0.481 e. The highest BCUT2D eigenvalue weighted by Gasteiger charge is 2.17. The zero-order valence-corrected chi connectivity index (χ0v) is 15.3. The number of hydrogen-bond acceptors (Lipinski definition) is 3. The first-order valence-electron chi connectivity index (χ1n) is 8.41. The van der Waals surface area contributed by atoms with Crippen LogP contribution in [0.2, 0.25) is 0 Å². The Morgan fingerprint density at radius 2 is 1.73 bits per heavy atom. The normalized spacial score (nSPS) is 11.8. The number of rotatable bonds is 5. The Labute approximate surface area is 152 Å². The first-order valence-corrected chi connectivity index (χ1v) is 8.41. The van der Waals surface area contributed by atoms with E-state index in [1.165, 1.54) is 29.8 Å². The molecular weight excluding hydrogens is 335 g/mol. The fraction of sp³-hybridized carbons (Fsp3) is 0.300. The molecule has 0 aliphatic heterocycles. The third kappa shape index (κ3) is 4.81. The SMILES string of the molecule is Cc1cc(OC(C)C(=O)NNC(=O)c2ccccc2F)ccc1C(C)C. The summed E-state index contributed by atoms with van der Waals surface area (Å²) >= 11 is 0. The molecule has 0 aliphatic rings. The molecular formula is C20H23FN2O3. The zero-order valence-electron chi connectivity index (χ0n) is 15.3. The quantitative estimate of drug-likeness (QED) is 0.804. The van der Waals surface area contributed by atoms with Gasteiger partial charge in [0.25, 0.3) is 11.8 Å². The molecule has 0 aliphatic carbocycles. The van der Waals surface area contributed by atoms with E-state index in [0.717, 1.165) is 5.56 Å². The van der Waals surface area contributed by atoms with Gasteiger partial charge in [-0.2, -0.15) is 0 Å². The van der Waals surface area contributed by atoms with Gasteiger partial charge < -0.3 is 4.74 Å². The summed E-state index contributed by atoms with van der Waals surface area (Å²) in [4.78, 5) is 24.0. The van der Waals surface area contributed by atoms with Crippen molar-refractivity contribution in [3.05, 3.63) is 65.0 Å². The number of nitrogens with one attached hydrogen (secondary N) is 2. The number of hydrogen-bond donors (Lipinski definition) is 2. The standard InChI is InChI=1S/C20H23FN2O3/c1-12(2)16-10-9-15(11-13(16)3)26-14(4)19(24)22-23-20(25)17-7-5-6-8-18(17)21/h5-12,14H,1-4H3,(H,22,24)(H,23,25). The van der Waals surface area contributed by atoms with E-state index in [0.29, 0.717) is 11.7 Å². The lowest BCUT2D eigenvalue weighted by Crippen LogP contribution is -2.47. The molecule has 0 saturated heterocycles. The Hall–Kier alpha value is -2.89. The van der Waals surface area contributed by atoms with E-state index in [-0.39, 0.29) is 5.56 Å². The van der Waals surface area contributed by atoms with Crippen LogP contribution in [0.1, 0.15) is 48.2 Å². The average Bonchev–Trinajstić information content (AvgIpc) is 2.59. The lowest BCUT2D eigenvalue weighted by molar-refractivity contribution is -0.128. The fourth-order valence-electron chi connectivity index (χ4n) is 2.56. The molecule has 2 rings (SSSR count). The van der Waals surface area contributed by atoms with Crippen molar-refractivity contribution in [2.45, 2.75) is 39.7 Å². The van der Waals surface area contributed by atoms with Crippen LogP contribution >= 0.6 is 0 Å². The molecule has 1 unspecified atom stereocenters. The van der Waals surface area contributed by atoms with Crippen LogP contribution in [-0.2, 0) is 4.79 Å². The predicted molar refractivity (Wildman–Crippen MR) is 97.4 cm³/mol. The molecule has 0 bridgehead atoms. The van der Waals surface area contributed by atoms with Crippen LogP contribution in [0.15, 0.2) is 42.5 Å². The predicted octanol–water partition coefficient (Wildman–Crippen LogP) is 3.49. The molecule has 138 valence electrons. The Balaban J connectivity index is 1.92. The summed E-state index contributed by atoms with van der Waals surface area (Å²) in [6, 6.07) is 11.2. The first-order chi connectivity index (χ1) is 12.3. The lowest BCUT2D eigenvalue weighted by atomic mass is 9.98. The third-order valence-electron chi connectivity index (χ3n) is 3.96. The van der Waals surface area contributed by atoms with E-state index in [4.69, 9.17) is 4.74 Å². The van der Waals surface area contributed by atoms with Crippen LogP contribution in [-0.4, -0.2) is 17.9 Å². The Morgan fingerprint density at radius 1 is 1.04 bits per heavy atom. The number of carbonyl (C=O) groups is 2. The number of benzene rings is 2. The number of ether oxygens (including phenoxy) is 1. The van der Waals surface area contributed by atoms with Crippen molar-refractivity contribution >= 4 is 11.8 Å². The minimum atomic E-state index is -0.833. The van der Waals surface area contributed by atoms with Crippen molar-refractivity contribution < 1.29 is 18.7 Å². The maximum Gasteiger partial charge on any atom is 0.279 e. The molecule has 0 spiro atoms. The van der Waals surface area contributed by atoms with Crippen molar-refractivity contribution in [3.8, 4) is 5.75 Å². The summed E-state index contributed by atoms with van der Waals surface area (Å²) in [5, 5.41) is 0. The maximum atomic E-state index is 13.5. The van der Waals surface area contributed by atoms with Crippen LogP contribution in [0.5, 0.6) is 5.75 Å². The summed E-state index contributed by atoms with van der Waals surface area (Å²) in [6.45, 7) is 7.77. The number of carbonyl (C=O) groups excluding carboxylic acids is 2. The van der Waals surface area contributed by atoms with Gasteiger partial charge in [0.05, 0.1) is 5.56 Å². The molecule has 2 aromatic carbocycles. The number of hydrazine groups is 1. The second-order valence-corrected chi connectivity index (χ2v) is 6.36. The minimum absolute atomic E-state index is 0.152. The van der Waals surface area contributed by atoms with Gasteiger partial charge in [-0.05, 0) is 55.2 Å².